The molecule has 660 valence electrons. The number of aliphatic hydroxyl groups excluding tert-OH is 1. The van der Waals surface area contributed by atoms with Crippen LogP contribution < -0.4 is 26.7 Å². The summed E-state index contributed by atoms with van der Waals surface area (Å²) < 4.78 is 32.2. The molecule has 29 nitrogen and oxygen atoms in total. The summed E-state index contributed by atoms with van der Waals surface area (Å²) >= 11 is 3.43. The molecule has 7 aliphatic heterocycles. The number of carbonyl (C=O) groups is 8. The van der Waals surface area contributed by atoms with E-state index in [9.17, 15) is 38.4 Å². The summed E-state index contributed by atoms with van der Waals surface area (Å²) in [6.45, 7) is 16.3. The monoisotopic (exact) mass is 1770 g/mol. The molecule has 9 aliphatic rings. The van der Waals surface area contributed by atoms with Gasteiger partial charge < -0.3 is 84.2 Å². The van der Waals surface area contributed by atoms with Gasteiger partial charge in [-0.3, -0.25) is 29.2 Å². The molecule has 17 rings (SSSR count). The molecule has 8 aromatic rings. The van der Waals surface area contributed by atoms with Crippen LogP contribution in [0.1, 0.15) is 175 Å². The van der Waals surface area contributed by atoms with Crippen LogP contribution in [0.3, 0.4) is 0 Å². The number of aliphatic hydroxyl groups is 1. The second kappa shape index (κ2) is 38.9. The average Bonchev–Trinajstić information content (AvgIpc) is 1.61. The highest BCUT2D eigenvalue weighted by molar-refractivity contribution is 9.10. The SMILES string of the molecule is C.CO.COC(=O)N[C@@H](C)C(=O)N1CCC[C@H]1c1ncc(-c2ccc(-c3ccc4cc(C5=CN=C([C@@H]6[C@H]7CC[C@H](C7)N6C(=O)[C@H](C)NC(=O)OC)C5)ccc4c3)cc2)[nH]1.COC(=O)N[C@@H](C)C(=O)N1CCC[C@H]1c1ncc(-c2ccc(Br)cc2)[nH]1.COC(=O)N[C@@H](C)C(=O)N1[C@@H]2CC[C@@H](C2)[C@H]1C1=NC=C(c2ccc3cc(B4OC(C)(C)C(C)(C)O4)ccc3c2)C1. The largest absolute Gasteiger partial charge is 0.494 e. The first-order valence-electron chi connectivity index (χ1n) is 42.6. The lowest BCUT2D eigenvalue weighted by Crippen LogP contribution is -2.55. The number of aromatic amines is 2. The maximum atomic E-state index is 13.5. The van der Waals surface area contributed by atoms with E-state index in [1.54, 1.807) is 43.7 Å². The van der Waals surface area contributed by atoms with Crippen molar-refractivity contribution in [1.82, 2.24) is 60.8 Å². The maximum absolute atomic E-state index is 13.5. The van der Waals surface area contributed by atoms with Crippen LogP contribution in [-0.2, 0) is 47.4 Å². The number of hydrogen-bond acceptors (Lipinski definition) is 19. The number of piperidine rings is 2. The smallest absolute Gasteiger partial charge is 0.453 e. The van der Waals surface area contributed by atoms with Crippen molar-refractivity contribution in [1.29, 1.82) is 0 Å². The maximum Gasteiger partial charge on any atom is 0.494 e. The summed E-state index contributed by atoms with van der Waals surface area (Å²) in [4.78, 5) is 133. The fourth-order valence-corrected chi connectivity index (χ4v) is 19.1. The number of methoxy groups -OCH3 is 4. The van der Waals surface area contributed by atoms with Crippen molar-refractivity contribution in [2.24, 2.45) is 21.8 Å². The number of aliphatic imine (C=N–C) groups is 2. The summed E-state index contributed by atoms with van der Waals surface area (Å²) in [5.41, 5.74) is 12.9. The van der Waals surface area contributed by atoms with Crippen LogP contribution in [0.15, 0.2) is 161 Å². The molecule has 2 saturated carbocycles. The van der Waals surface area contributed by atoms with Gasteiger partial charge in [-0.15, -0.1) is 0 Å². The molecule has 7 N–H and O–H groups in total. The Hall–Kier alpha value is -11.5. The number of hydrogen-bond donors (Lipinski definition) is 7. The van der Waals surface area contributed by atoms with Gasteiger partial charge in [0.15, 0.2) is 0 Å². The highest BCUT2D eigenvalue weighted by Crippen LogP contribution is 2.48. The number of imidazole rings is 2. The van der Waals surface area contributed by atoms with Gasteiger partial charge in [-0.05, 0) is 233 Å². The minimum Gasteiger partial charge on any atom is -0.453 e. The van der Waals surface area contributed by atoms with Crippen LogP contribution in [0.5, 0.6) is 0 Å². The third-order valence-corrected chi connectivity index (χ3v) is 26.5. The van der Waals surface area contributed by atoms with Crippen LogP contribution in [-0.4, -0.2) is 219 Å². The van der Waals surface area contributed by atoms with Crippen molar-refractivity contribution in [3.05, 3.63) is 173 Å². The molecule has 4 bridgehead atoms. The van der Waals surface area contributed by atoms with Gasteiger partial charge in [-0.25, -0.2) is 29.1 Å². The molecular weight excluding hydrogens is 1660 g/mol. The van der Waals surface area contributed by atoms with Crippen molar-refractivity contribution in [2.75, 3.05) is 48.6 Å². The van der Waals surface area contributed by atoms with E-state index in [1.165, 1.54) is 28.4 Å². The number of H-pyrrole nitrogens is 2. The Bertz CT molecular complexity index is 5460. The molecular formula is C94H114BBrN14O15. The fraction of sp³-hybridized carbons (Fsp3) is 0.447. The third kappa shape index (κ3) is 19.5. The van der Waals surface area contributed by atoms with E-state index >= 15 is 0 Å². The Kier molecular flexibility index (Phi) is 28.4. The highest BCUT2D eigenvalue weighted by Gasteiger charge is 2.54. The van der Waals surface area contributed by atoms with Crippen LogP contribution in [0.4, 0.5) is 19.2 Å². The number of nitrogens with zero attached hydrogens (tertiary/aromatic N) is 8. The van der Waals surface area contributed by atoms with Gasteiger partial charge in [0, 0.05) is 73.4 Å². The molecule has 8 amide bonds. The van der Waals surface area contributed by atoms with Gasteiger partial charge in [0.1, 0.15) is 35.8 Å². The number of carbonyl (C=O) groups excluding carboxylic acids is 8. The zero-order valence-electron chi connectivity index (χ0n) is 72.4. The summed E-state index contributed by atoms with van der Waals surface area (Å²) in [7, 11) is 5.77. The molecule has 7 fully saturated rings. The van der Waals surface area contributed by atoms with Gasteiger partial charge in [-0.1, -0.05) is 114 Å². The van der Waals surface area contributed by atoms with Crippen molar-refractivity contribution in [2.45, 2.75) is 211 Å². The number of rotatable bonds is 18. The molecule has 5 saturated heterocycles. The minimum atomic E-state index is -0.702. The molecule has 2 aliphatic carbocycles. The molecule has 0 radical (unpaired) electrons. The number of aromatic nitrogens is 4. The molecule has 6 aromatic carbocycles. The van der Waals surface area contributed by atoms with Gasteiger partial charge in [0.25, 0.3) is 0 Å². The van der Waals surface area contributed by atoms with Crippen LogP contribution in [0.2, 0.25) is 0 Å². The van der Waals surface area contributed by atoms with Gasteiger partial charge in [-0.2, -0.15) is 0 Å². The van der Waals surface area contributed by atoms with E-state index in [4.69, 9.17) is 33.9 Å². The van der Waals surface area contributed by atoms with E-state index in [0.29, 0.717) is 37.8 Å². The van der Waals surface area contributed by atoms with Crippen molar-refractivity contribution in [3.63, 3.8) is 0 Å². The summed E-state index contributed by atoms with van der Waals surface area (Å²) in [6.07, 6.45) is 16.0. The van der Waals surface area contributed by atoms with Gasteiger partial charge in [0.05, 0.1) is 87.6 Å². The quantitative estimate of drug-likeness (QED) is 0.0310. The normalized spacial score (nSPS) is 22.5. The number of ether oxygens (including phenoxy) is 4. The second-order valence-electron chi connectivity index (χ2n) is 34.2. The predicted octanol–water partition coefficient (Wildman–Crippen LogP) is 14.6. The first kappa shape index (κ1) is 91.2. The summed E-state index contributed by atoms with van der Waals surface area (Å²) in [5.74, 6) is 1.83. The van der Waals surface area contributed by atoms with E-state index in [2.05, 4.69) is 191 Å². The molecule has 31 heteroatoms. The number of fused-ring (bicyclic) bond motifs is 6. The number of allylic oxidation sites excluding steroid dienone is 2. The zero-order chi connectivity index (χ0) is 88.2. The topological polar surface area (TPSA) is 355 Å². The first-order valence-corrected chi connectivity index (χ1v) is 43.4. The Balaban J connectivity index is 0.000000170. The fourth-order valence-electron chi connectivity index (χ4n) is 18.8. The molecule has 0 unspecified atom stereocenters. The van der Waals surface area contributed by atoms with Crippen molar-refractivity contribution < 1.29 is 71.7 Å². The van der Waals surface area contributed by atoms with E-state index in [1.807, 2.05) is 52.7 Å². The third-order valence-electron chi connectivity index (χ3n) is 26.0. The van der Waals surface area contributed by atoms with Gasteiger partial charge >= 0.3 is 31.5 Å². The van der Waals surface area contributed by atoms with Crippen LogP contribution in [0.25, 0.3) is 66.3 Å². The van der Waals surface area contributed by atoms with E-state index in [-0.39, 0.29) is 85.6 Å². The average molecular weight is 1770 g/mol. The Morgan fingerprint density at radius 3 is 1.23 bits per heavy atom. The minimum absolute atomic E-state index is 0. The van der Waals surface area contributed by atoms with E-state index < -0.39 is 48.5 Å². The number of nitrogens with one attached hydrogen (secondary N) is 6. The van der Waals surface area contributed by atoms with E-state index in [0.717, 1.165) is 182 Å². The Morgan fingerprint density at radius 1 is 0.472 bits per heavy atom. The lowest BCUT2D eigenvalue weighted by molar-refractivity contribution is -0.136. The zero-order valence-corrected chi connectivity index (χ0v) is 74.0. The standard InChI is InChI=1S/C43H47N7O6.C31H38BN3O5.C18H21BrN4O3.CH4O.CH4/c1-24(46-42(53)55-3)40(51)49-17-5-6-37(49)39-45-23-36(48-39)27-9-7-26(8-10-27)28-11-12-30-19-31(14-13-29(30)18-28)33-21-35(44-22-33)38-32-15-16-34(20-32)50(38)41(52)25(2)47-43(54)56-4;1-18(34-29(37)38-6)28(36)35-25-12-10-22(15-25)27(35)26-16-23(17-33-26)20-7-8-21-14-24(11-9-19(21)13-20)32-39-30(2,3)31(4,5)40-32;1-11(21-18(25)26-2)17(24)23-9-3-4-15(23)16-20-10-14(22-16)12-5-7-13(19)8-6-12;1-2;/h7-14,18-19,22-25,32,34,37-38H,5-6,15-17,20-21H2,1-4H3,(H,45,48)(H,46,53)(H,47,54);7-9,11,13-14,17-18,22,25,27H,10,12,15-16H2,1-6H3,(H,34,37);5-8,10-11,15H,3-4,9H2,1-2H3,(H,20,22)(H,21,25);2H,1H3;1H4/t24-,25-,32-,34+,37-,38-;18-,22-,25+,27-;11-,15-;;/m000../s1. The number of halogens is 1. The predicted molar refractivity (Wildman–Crippen MR) is 484 cm³/mol. The van der Waals surface area contributed by atoms with Crippen molar-refractivity contribution in [3.8, 4) is 33.6 Å². The van der Waals surface area contributed by atoms with Crippen LogP contribution >= 0.6 is 15.9 Å². The number of likely N-dealkylation sites (tertiary alicyclic amines) is 4. The number of alkyl carbamates (subject to hydrolysis) is 4. The summed E-state index contributed by atoms with van der Waals surface area (Å²) in [6, 6.07) is 39.5. The molecule has 2 aromatic heterocycles. The lowest BCUT2D eigenvalue weighted by Gasteiger charge is -2.37. The number of benzene rings is 6. The van der Waals surface area contributed by atoms with Crippen molar-refractivity contribution >= 4 is 121 Å². The molecule has 9 heterocycles. The highest BCUT2D eigenvalue weighted by atomic mass is 79.9. The Morgan fingerprint density at radius 2 is 0.824 bits per heavy atom. The molecule has 12 atom stereocenters. The summed E-state index contributed by atoms with van der Waals surface area (Å²) in [5, 5.41) is 21.9. The first-order chi connectivity index (χ1) is 59.6. The molecule has 125 heavy (non-hydrogen) atoms. The second-order valence-corrected chi connectivity index (χ2v) is 35.1. The van der Waals surface area contributed by atoms with Crippen LogP contribution in [0, 0.1) is 11.8 Å². The lowest BCUT2D eigenvalue weighted by atomic mass is 9.78. The van der Waals surface area contributed by atoms with Gasteiger partial charge in [0.2, 0.25) is 23.6 Å². The Labute approximate surface area is 738 Å². The number of amides is 8. The molecule has 0 spiro atoms.